The Morgan fingerprint density at radius 3 is 2.33 bits per heavy atom. The first-order valence-corrected chi connectivity index (χ1v) is 7.66. The summed E-state index contributed by atoms with van der Waals surface area (Å²) in [4.78, 5) is 11.4. The van der Waals surface area contributed by atoms with Gasteiger partial charge >= 0.3 is 0 Å². The molecule has 0 atom stereocenters. The molecule has 1 nitrogen and oxygen atoms in total. The fourth-order valence-electron chi connectivity index (χ4n) is 1.54. The molecule has 4 heteroatoms. The zero-order valence-electron chi connectivity index (χ0n) is 8.10. The van der Waals surface area contributed by atoms with Gasteiger partial charge in [0.25, 0.3) is 0 Å². The van der Waals surface area contributed by atoms with E-state index >= 15 is 0 Å². The molecular weight excluding hydrogens is 388 g/mol. The van der Waals surface area contributed by atoms with E-state index in [4.69, 9.17) is 0 Å². The molecule has 0 fully saturated rings. The van der Waals surface area contributed by atoms with E-state index in [1.165, 1.54) is 5.56 Å². The number of hydrogen-bond donors (Lipinski definition) is 0. The van der Waals surface area contributed by atoms with Crippen LogP contribution in [0, 0.1) is 0 Å². The van der Waals surface area contributed by atoms with E-state index in [0.29, 0.717) is 0 Å². The van der Waals surface area contributed by atoms with Crippen molar-refractivity contribution in [1.82, 2.24) is 0 Å². The predicted octanol–water partition coefficient (Wildman–Crippen LogP) is 4.10. The minimum Gasteiger partial charge on any atom is -0.281 e. The second-order valence-electron chi connectivity index (χ2n) is 3.09. The second kappa shape index (κ2) is 6.81. The standard InChI is InChI=1S/C11H11Br3O/c12-6-4-8-2-1-3-10(11(14)15)9(8)5-7-13/h1-3H,4-7H2. The Balaban J connectivity index is 3.15. The van der Waals surface area contributed by atoms with Crippen molar-refractivity contribution in [3.05, 3.63) is 34.9 Å². The summed E-state index contributed by atoms with van der Waals surface area (Å²) in [6.45, 7) is 0. The smallest absolute Gasteiger partial charge is 0.228 e. The summed E-state index contributed by atoms with van der Waals surface area (Å²) in [6.07, 6.45) is 1.84. The Bertz CT molecular complexity index is 350. The lowest BCUT2D eigenvalue weighted by Gasteiger charge is -2.10. The highest BCUT2D eigenvalue weighted by Crippen LogP contribution is 2.20. The van der Waals surface area contributed by atoms with Crippen molar-refractivity contribution in [2.45, 2.75) is 12.8 Å². The molecular formula is C11H11Br3O. The quantitative estimate of drug-likeness (QED) is 0.539. The zero-order chi connectivity index (χ0) is 11.3. The third-order valence-electron chi connectivity index (χ3n) is 2.19. The minimum atomic E-state index is -0.0325. The molecule has 15 heavy (non-hydrogen) atoms. The van der Waals surface area contributed by atoms with Crippen LogP contribution in [0.5, 0.6) is 0 Å². The van der Waals surface area contributed by atoms with Crippen molar-refractivity contribution in [3.63, 3.8) is 0 Å². The molecule has 1 aromatic rings. The second-order valence-corrected chi connectivity index (χ2v) is 5.40. The molecule has 0 aliphatic rings. The molecule has 0 aliphatic heterocycles. The monoisotopic (exact) mass is 396 g/mol. The zero-order valence-corrected chi connectivity index (χ0v) is 12.9. The van der Waals surface area contributed by atoms with Gasteiger partial charge in [-0.15, -0.1) is 0 Å². The highest BCUT2D eigenvalue weighted by atomic mass is 79.9. The Morgan fingerprint density at radius 2 is 1.80 bits per heavy atom. The van der Waals surface area contributed by atoms with Crippen molar-refractivity contribution in [1.29, 1.82) is 0 Å². The summed E-state index contributed by atoms with van der Waals surface area (Å²) in [7, 11) is 0. The lowest BCUT2D eigenvalue weighted by atomic mass is 9.98. The number of alkyl halides is 2. The van der Waals surface area contributed by atoms with Crippen molar-refractivity contribution in [3.8, 4) is 0 Å². The van der Waals surface area contributed by atoms with Gasteiger partial charge in [-0.2, -0.15) is 0 Å². The van der Waals surface area contributed by atoms with E-state index in [1.54, 1.807) is 0 Å². The third-order valence-corrected chi connectivity index (χ3v) is 3.41. The van der Waals surface area contributed by atoms with Gasteiger partial charge in [0.05, 0.1) is 0 Å². The van der Waals surface area contributed by atoms with Crippen LogP contribution in [0.3, 0.4) is 0 Å². The van der Waals surface area contributed by atoms with Gasteiger partial charge in [0, 0.05) is 16.2 Å². The molecule has 1 rings (SSSR count). The summed E-state index contributed by atoms with van der Waals surface area (Å²) in [6, 6.07) is 5.88. The molecule has 0 saturated heterocycles. The molecule has 0 bridgehead atoms. The lowest BCUT2D eigenvalue weighted by molar-refractivity contribution is 0.109. The van der Waals surface area contributed by atoms with Crippen LogP contribution in [0.2, 0.25) is 0 Å². The Kier molecular flexibility index (Phi) is 6.09. The first-order valence-electron chi connectivity index (χ1n) is 4.63. The normalized spacial score (nSPS) is 10.3. The molecule has 82 valence electrons. The maximum Gasteiger partial charge on any atom is 0.228 e. The van der Waals surface area contributed by atoms with Crippen molar-refractivity contribution >= 4 is 52.5 Å². The first-order chi connectivity index (χ1) is 7.20. The number of aryl methyl sites for hydroxylation is 1. The van der Waals surface area contributed by atoms with Gasteiger partial charge in [0.1, 0.15) is 0 Å². The van der Waals surface area contributed by atoms with E-state index in [-0.39, 0.29) is 4.69 Å². The van der Waals surface area contributed by atoms with Crippen molar-refractivity contribution in [2.24, 2.45) is 0 Å². The predicted molar refractivity (Wildman–Crippen MR) is 74.7 cm³/mol. The van der Waals surface area contributed by atoms with E-state index < -0.39 is 0 Å². The lowest BCUT2D eigenvalue weighted by Crippen LogP contribution is -2.04. The van der Waals surface area contributed by atoms with Gasteiger partial charge in [-0.3, -0.25) is 4.79 Å². The van der Waals surface area contributed by atoms with Crippen molar-refractivity contribution in [2.75, 3.05) is 10.7 Å². The van der Waals surface area contributed by atoms with E-state index in [0.717, 1.165) is 34.6 Å². The Labute approximate surface area is 115 Å². The van der Waals surface area contributed by atoms with Crippen LogP contribution in [-0.2, 0) is 12.8 Å². The van der Waals surface area contributed by atoms with Crippen LogP contribution in [0.4, 0.5) is 0 Å². The molecule has 0 saturated carbocycles. The summed E-state index contributed by atoms with van der Waals surface area (Å²) in [5.74, 6) is 0. The van der Waals surface area contributed by atoms with Gasteiger partial charge in [-0.05, 0) is 39.9 Å². The Hall–Kier alpha value is 0.330. The van der Waals surface area contributed by atoms with E-state index in [2.05, 4.69) is 53.9 Å². The average Bonchev–Trinajstić information content (AvgIpc) is 2.21. The van der Waals surface area contributed by atoms with Gasteiger partial charge < -0.3 is 0 Å². The number of rotatable bonds is 5. The molecule has 0 aliphatic carbocycles. The maximum absolute atomic E-state index is 11.4. The SMILES string of the molecule is O=C(Br)c1cccc(CCBr)c1CCBr. The Morgan fingerprint density at radius 1 is 1.13 bits per heavy atom. The molecule has 0 heterocycles. The number of benzene rings is 1. The molecule has 0 unspecified atom stereocenters. The van der Waals surface area contributed by atoms with Crippen LogP contribution >= 0.6 is 47.8 Å². The summed E-state index contributed by atoms with van der Waals surface area (Å²) in [5.41, 5.74) is 3.18. The van der Waals surface area contributed by atoms with Crippen LogP contribution < -0.4 is 0 Å². The molecule has 0 aromatic heterocycles. The van der Waals surface area contributed by atoms with Gasteiger partial charge in [0.15, 0.2) is 0 Å². The molecule has 0 N–H and O–H groups in total. The number of halogens is 3. The maximum atomic E-state index is 11.4. The largest absolute Gasteiger partial charge is 0.281 e. The van der Waals surface area contributed by atoms with Gasteiger partial charge in [0.2, 0.25) is 4.69 Å². The topological polar surface area (TPSA) is 17.1 Å². The van der Waals surface area contributed by atoms with Crippen LogP contribution in [-0.4, -0.2) is 15.4 Å². The summed E-state index contributed by atoms with van der Waals surface area (Å²) in [5, 5.41) is 1.79. The number of carbonyl (C=O) groups is 1. The van der Waals surface area contributed by atoms with Gasteiger partial charge in [-0.25, -0.2) is 0 Å². The molecule has 0 spiro atoms. The minimum absolute atomic E-state index is 0.0325. The molecule has 0 radical (unpaired) electrons. The fourth-order valence-corrected chi connectivity index (χ4v) is 2.74. The highest BCUT2D eigenvalue weighted by Gasteiger charge is 2.11. The number of carbonyl (C=O) groups excluding carboxylic acids is 1. The third kappa shape index (κ3) is 3.68. The summed E-state index contributed by atoms with van der Waals surface area (Å²) >= 11 is 9.86. The summed E-state index contributed by atoms with van der Waals surface area (Å²) < 4.78 is -0.0325. The van der Waals surface area contributed by atoms with E-state index in [9.17, 15) is 4.79 Å². The van der Waals surface area contributed by atoms with Crippen LogP contribution in [0.25, 0.3) is 0 Å². The van der Waals surface area contributed by atoms with Crippen LogP contribution in [0.1, 0.15) is 21.5 Å². The fraction of sp³-hybridized carbons (Fsp3) is 0.364. The van der Waals surface area contributed by atoms with E-state index in [1.807, 2.05) is 12.1 Å². The highest BCUT2D eigenvalue weighted by molar-refractivity contribution is 9.18. The molecule has 0 amide bonds. The average molecular weight is 399 g/mol. The van der Waals surface area contributed by atoms with Crippen LogP contribution in [0.15, 0.2) is 18.2 Å². The molecule has 1 aromatic carbocycles. The van der Waals surface area contributed by atoms with Crippen molar-refractivity contribution < 1.29 is 4.79 Å². The van der Waals surface area contributed by atoms with Gasteiger partial charge in [-0.1, -0.05) is 50.1 Å². The first kappa shape index (κ1) is 13.4. The number of hydrogen-bond acceptors (Lipinski definition) is 1.